The van der Waals surface area contributed by atoms with Crippen LogP contribution in [-0.4, -0.2) is 6.61 Å². The van der Waals surface area contributed by atoms with Crippen LogP contribution in [0.2, 0.25) is 0 Å². The number of benzene rings is 2. The zero-order valence-corrected chi connectivity index (χ0v) is 16.6. The third-order valence-electron chi connectivity index (χ3n) is 5.99. The number of hydrogen-bond acceptors (Lipinski definition) is 1. The van der Waals surface area contributed by atoms with Crippen LogP contribution in [0.25, 0.3) is 11.1 Å². The summed E-state index contributed by atoms with van der Waals surface area (Å²) in [6, 6.07) is 14.7. The van der Waals surface area contributed by atoms with Gasteiger partial charge in [0, 0.05) is 0 Å². The third kappa shape index (κ3) is 6.37. The molecule has 0 aliphatic heterocycles. The molecule has 0 atom stereocenters. The summed E-state index contributed by atoms with van der Waals surface area (Å²) in [6.45, 7) is 3.09. The molecule has 0 saturated heterocycles. The molecule has 1 aliphatic rings. The highest BCUT2D eigenvalue weighted by Crippen LogP contribution is 2.34. The van der Waals surface area contributed by atoms with E-state index in [1.807, 2.05) is 36.4 Å². The lowest BCUT2D eigenvalue weighted by Gasteiger charge is -2.28. The molecule has 0 unspecified atom stereocenters. The van der Waals surface area contributed by atoms with E-state index in [4.69, 9.17) is 4.74 Å². The Labute approximate surface area is 164 Å². The van der Waals surface area contributed by atoms with Crippen molar-refractivity contribution in [1.29, 1.82) is 0 Å². The SMILES string of the molecule is CCCC[C@H]1CC[C@H](CCCOc2ccc(-c3ccc(F)cc3)cc2)CC1. The highest BCUT2D eigenvalue weighted by Gasteiger charge is 2.20. The van der Waals surface area contributed by atoms with Gasteiger partial charge >= 0.3 is 0 Å². The van der Waals surface area contributed by atoms with E-state index in [1.54, 1.807) is 0 Å². The van der Waals surface area contributed by atoms with Gasteiger partial charge in [-0.1, -0.05) is 76.1 Å². The molecule has 0 spiro atoms. The maximum atomic E-state index is 13.0. The van der Waals surface area contributed by atoms with Gasteiger partial charge in [0.05, 0.1) is 6.61 Å². The van der Waals surface area contributed by atoms with Crippen molar-refractivity contribution >= 4 is 0 Å². The summed E-state index contributed by atoms with van der Waals surface area (Å²) in [5.74, 6) is 2.63. The summed E-state index contributed by atoms with van der Waals surface area (Å²) in [7, 11) is 0. The van der Waals surface area contributed by atoms with Crippen LogP contribution in [0.15, 0.2) is 48.5 Å². The number of rotatable bonds is 9. The molecule has 0 heterocycles. The van der Waals surface area contributed by atoms with Gasteiger partial charge < -0.3 is 4.74 Å². The molecule has 0 amide bonds. The van der Waals surface area contributed by atoms with Gasteiger partial charge in [0.25, 0.3) is 0 Å². The first-order chi connectivity index (χ1) is 13.2. The molecule has 0 aromatic heterocycles. The molecule has 1 nitrogen and oxygen atoms in total. The third-order valence-corrected chi connectivity index (χ3v) is 5.99. The highest BCUT2D eigenvalue weighted by atomic mass is 19.1. The fourth-order valence-electron chi connectivity index (χ4n) is 4.25. The fraction of sp³-hybridized carbons (Fsp3) is 0.520. The fourth-order valence-corrected chi connectivity index (χ4v) is 4.25. The van der Waals surface area contributed by atoms with Crippen molar-refractivity contribution in [2.24, 2.45) is 11.8 Å². The van der Waals surface area contributed by atoms with Crippen LogP contribution in [0.1, 0.15) is 64.7 Å². The Balaban J connectivity index is 1.34. The molecule has 1 aliphatic carbocycles. The second-order valence-electron chi connectivity index (χ2n) is 8.05. The van der Waals surface area contributed by atoms with Gasteiger partial charge in [0.2, 0.25) is 0 Å². The minimum Gasteiger partial charge on any atom is -0.494 e. The molecule has 2 aromatic rings. The van der Waals surface area contributed by atoms with Gasteiger partial charge in [0.15, 0.2) is 0 Å². The summed E-state index contributed by atoms with van der Waals surface area (Å²) in [5, 5.41) is 0. The Kier molecular flexibility index (Phi) is 7.74. The van der Waals surface area contributed by atoms with Gasteiger partial charge in [0.1, 0.15) is 11.6 Å². The topological polar surface area (TPSA) is 9.23 Å². The van der Waals surface area contributed by atoms with Crippen molar-refractivity contribution in [3.8, 4) is 16.9 Å². The summed E-state index contributed by atoms with van der Waals surface area (Å²) in [4.78, 5) is 0. The van der Waals surface area contributed by atoms with E-state index in [-0.39, 0.29) is 5.82 Å². The second-order valence-corrected chi connectivity index (χ2v) is 8.05. The van der Waals surface area contributed by atoms with Crippen LogP contribution in [0.3, 0.4) is 0 Å². The van der Waals surface area contributed by atoms with Crippen LogP contribution in [-0.2, 0) is 0 Å². The lowest BCUT2D eigenvalue weighted by Crippen LogP contribution is -2.15. The molecular weight excluding hydrogens is 335 g/mol. The predicted octanol–water partition coefficient (Wildman–Crippen LogP) is 7.65. The van der Waals surface area contributed by atoms with E-state index in [2.05, 4.69) is 6.92 Å². The second kappa shape index (κ2) is 10.5. The van der Waals surface area contributed by atoms with Crippen molar-refractivity contribution in [2.45, 2.75) is 64.7 Å². The first-order valence-corrected chi connectivity index (χ1v) is 10.7. The summed E-state index contributed by atoms with van der Waals surface area (Å²) in [6.07, 6.45) is 12.3. The maximum Gasteiger partial charge on any atom is 0.123 e. The zero-order chi connectivity index (χ0) is 18.9. The molecule has 146 valence electrons. The average Bonchev–Trinajstić information content (AvgIpc) is 2.72. The largest absolute Gasteiger partial charge is 0.494 e. The minimum atomic E-state index is -0.201. The van der Waals surface area contributed by atoms with Crippen LogP contribution in [0.5, 0.6) is 5.75 Å². The number of hydrogen-bond donors (Lipinski definition) is 0. The molecule has 27 heavy (non-hydrogen) atoms. The lowest BCUT2D eigenvalue weighted by molar-refractivity contribution is 0.228. The maximum absolute atomic E-state index is 13.0. The monoisotopic (exact) mass is 368 g/mol. The molecule has 0 radical (unpaired) electrons. The van der Waals surface area contributed by atoms with Crippen molar-refractivity contribution in [3.05, 3.63) is 54.3 Å². The van der Waals surface area contributed by atoms with Gasteiger partial charge in [-0.25, -0.2) is 4.39 Å². The van der Waals surface area contributed by atoms with Crippen molar-refractivity contribution in [2.75, 3.05) is 6.61 Å². The standard InChI is InChI=1S/C25H33FO/c1-2-3-5-20-7-9-21(10-8-20)6-4-19-27-25-17-13-23(14-18-25)22-11-15-24(26)16-12-22/h11-18,20-21H,2-10,19H2,1H3/t20-,21-. The molecule has 3 rings (SSSR count). The number of ether oxygens (including phenoxy) is 1. The van der Waals surface area contributed by atoms with Crippen LogP contribution in [0, 0.1) is 17.7 Å². The highest BCUT2D eigenvalue weighted by molar-refractivity contribution is 5.63. The van der Waals surface area contributed by atoms with Gasteiger partial charge in [-0.2, -0.15) is 0 Å². The molecule has 2 heteroatoms. The summed E-state index contributed by atoms with van der Waals surface area (Å²) < 4.78 is 18.9. The Hall–Kier alpha value is -1.83. The van der Waals surface area contributed by atoms with E-state index in [9.17, 15) is 4.39 Å². The smallest absolute Gasteiger partial charge is 0.123 e. The van der Waals surface area contributed by atoms with E-state index >= 15 is 0 Å². The molecule has 2 aromatic carbocycles. The molecule has 0 N–H and O–H groups in total. The van der Waals surface area contributed by atoms with E-state index in [0.717, 1.165) is 41.7 Å². The minimum absolute atomic E-state index is 0.201. The quantitative estimate of drug-likeness (QED) is 0.413. The average molecular weight is 369 g/mol. The van der Waals surface area contributed by atoms with Crippen molar-refractivity contribution < 1.29 is 9.13 Å². The Bertz CT molecular complexity index is 654. The van der Waals surface area contributed by atoms with Gasteiger partial charge in [-0.15, -0.1) is 0 Å². The van der Waals surface area contributed by atoms with Crippen molar-refractivity contribution in [3.63, 3.8) is 0 Å². The Morgan fingerprint density at radius 1 is 0.778 bits per heavy atom. The van der Waals surface area contributed by atoms with E-state index in [0.29, 0.717) is 0 Å². The predicted molar refractivity (Wildman–Crippen MR) is 112 cm³/mol. The first-order valence-electron chi connectivity index (χ1n) is 10.7. The Morgan fingerprint density at radius 2 is 1.30 bits per heavy atom. The van der Waals surface area contributed by atoms with Gasteiger partial charge in [-0.05, 0) is 60.1 Å². The van der Waals surface area contributed by atoms with E-state index < -0.39 is 0 Å². The molecule has 1 fully saturated rings. The number of unbranched alkanes of at least 4 members (excludes halogenated alkanes) is 1. The van der Waals surface area contributed by atoms with Crippen LogP contribution < -0.4 is 4.74 Å². The lowest BCUT2D eigenvalue weighted by atomic mass is 9.78. The first kappa shape index (κ1) is 19.9. The van der Waals surface area contributed by atoms with Crippen LogP contribution in [0.4, 0.5) is 4.39 Å². The molecule has 1 saturated carbocycles. The van der Waals surface area contributed by atoms with Crippen LogP contribution >= 0.6 is 0 Å². The molecule has 0 bridgehead atoms. The summed E-state index contributed by atoms with van der Waals surface area (Å²) in [5.41, 5.74) is 2.11. The van der Waals surface area contributed by atoms with Gasteiger partial charge in [-0.3, -0.25) is 0 Å². The molecular formula is C25H33FO. The summed E-state index contributed by atoms with van der Waals surface area (Å²) >= 11 is 0. The van der Waals surface area contributed by atoms with Crippen molar-refractivity contribution in [1.82, 2.24) is 0 Å². The van der Waals surface area contributed by atoms with E-state index in [1.165, 1.54) is 63.5 Å². The normalized spacial score (nSPS) is 19.8. The Morgan fingerprint density at radius 3 is 1.85 bits per heavy atom. The zero-order valence-electron chi connectivity index (χ0n) is 16.6. The number of halogens is 1.